The molecule has 1 heterocycles. The number of hydrogen-bond acceptors (Lipinski definition) is 5. The maximum atomic E-state index is 12.6. The number of pyridine rings is 1. The van der Waals surface area contributed by atoms with Crippen LogP contribution < -0.4 is 10.3 Å². The van der Waals surface area contributed by atoms with Crippen LogP contribution in [0.15, 0.2) is 65.5 Å². The van der Waals surface area contributed by atoms with E-state index >= 15 is 0 Å². The summed E-state index contributed by atoms with van der Waals surface area (Å²) in [6.07, 6.45) is 0. The highest BCUT2D eigenvalue weighted by atomic mass is 16.5. The fraction of sp³-hybridized carbons (Fsp3) is 0.100. The Bertz CT molecular complexity index is 991. The van der Waals surface area contributed by atoms with Crippen LogP contribution in [0.3, 0.4) is 0 Å². The van der Waals surface area contributed by atoms with Gasteiger partial charge in [-0.25, -0.2) is 9.36 Å². The second kappa shape index (κ2) is 7.14. The van der Waals surface area contributed by atoms with Gasteiger partial charge in [0.15, 0.2) is 0 Å². The van der Waals surface area contributed by atoms with Crippen LogP contribution in [0.2, 0.25) is 0 Å². The molecule has 0 amide bonds. The summed E-state index contributed by atoms with van der Waals surface area (Å²) in [6.45, 7) is 0. The SMILES string of the molecule is COC(=O)c1c(-c2ccc(OC)cc2)cc(=O)n(-c2ccccc2)c1O. The van der Waals surface area contributed by atoms with Crippen LogP contribution in [0.25, 0.3) is 16.8 Å². The smallest absolute Gasteiger partial charge is 0.343 e. The highest BCUT2D eigenvalue weighted by Gasteiger charge is 2.23. The highest BCUT2D eigenvalue weighted by Crippen LogP contribution is 2.31. The van der Waals surface area contributed by atoms with Crippen molar-refractivity contribution in [2.24, 2.45) is 0 Å². The van der Waals surface area contributed by atoms with E-state index in [9.17, 15) is 14.7 Å². The van der Waals surface area contributed by atoms with Gasteiger partial charge in [0, 0.05) is 11.6 Å². The molecular weight excluding hydrogens is 334 g/mol. The molecule has 0 spiro atoms. The minimum atomic E-state index is -0.738. The molecule has 3 aromatic rings. The van der Waals surface area contributed by atoms with Crippen molar-refractivity contribution in [1.29, 1.82) is 0 Å². The number of aromatic nitrogens is 1. The van der Waals surface area contributed by atoms with E-state index in [2.05, 4.69) is 0 Å². The Morgan fingerprint density at radius 2 is 1.65 bits per heavy atom. The van der Waals surface area contributed by atoms with Gasteiger partial charge in [0.1, 0.15) is 11.3 Å². The Balaban J connectivity index is 2.28. The van der Waals surface area contributed by atoms with Crippen molar-refractivity contribution in [3.8, 4) is 28.4 Å². The quantitative estimate of drug-likeness (QED) is 0.731. The number of esters is 1. The summed E-state index contributed by atoms with van der Waals surface area (Å²) < 4.78 is 11.0. The summed E-state index contributed by atoms with van der Waals surface area (Å²) in [7, 11) is 2.76. The molecule has 0 saturated heterocycles. The Labute approximate surface area is 149 Å². The monoisotopic (exact) mass is 351 g/mol. The Morgan fingerprint density at radius 1 is 1.00 bits per heavy atom. The number of aromatic hydroxyl groups is 1. The maximum Gasteiger partial charge on any atom is 0.343 e. The fourth-order valence-electron chi connectivity index (χ4n) is 2.72. The summed E-state index contributed by atoms with van der Waals surface area (Å²) in [5, 5.41) is 10.7. The molecule has 0 aliphatic heterocycles. The third kappa shape index (κ3) is 3.04. The summed E-state index contributed by atoms with van der Waals surface area (Å²) in [4.78, 5) is 25.0. The number of para-hydroxylation sites is 1. The van der Waals surface area contributed by atoms with Crippen molar-refractivity contribution in [2.45, 2.75) is 0 Å². The lowest BCUT2D eigenvalue weighted by molar-refractivity contribution is 0.0597. The van der Waals surface area contributed by atoms with Gasteiger partial charge in [0.2, 0.25) is 5.88 Å². The molecule has 6 heteroatoms. The number of carbonyl (C=O) groups is 1. The van der Waals surface area contributed by atoms with Crippen molar-refractivity contribution >= 4 is 5.97 Å². The molecule has 0 bridgehead atoms. The van der Waals surface area contributed by atoms with Crippen molar-refractivity contribution in [3.63, 3.8) is 0 Å². The summed E-state index contributed by atoms with van der Waals surface area (Å²) in [6, 6.07) is 16.7. The van der Waals surface area contributed by atoms with E-state index in [-0.39, 0.29) is 11.1 Å². The van der Waals surface area contributed by atoms with E-state index in [0.717, 1.165) is 4.57 Å². The molecule has 0 atom stereocenters. The molecule has 0 radical (unpaired) electrons. The lowest BCUT2D eigenvalue weighted by atomic mass is 10.0. The molecule has 1 N–H and O–H groups in total. The van der Waals surface area contributed by atoms with Crippen molar-refractivity contribution < 1.29 is 19.4 Å². The molecule has 0 aliphatic carbocycles. The molecule has 0 saturated carbocycles. The van der Waals surface area contributed by atoms with Crippen LogP contribution in [0.5, 0.6) is 11.6 Å². The van der Waals surface area contributed by atoms with Gasteiger partial charge in [-0.15, -0.1) is 0 Å². The Morgan fingerprint density at radius 3 is 2.23 bits per heavy atom. The molecule has 0 unspecified atom stereocenters. The normalized spacial score (nSPS) is 10.4. The van der Waals surface area contributed by atoms with Gasteiger partial charge < -0.3 is 14.6 Å². The standard InChI is InChI=1S/C20H17NO5/c1-25-15-10-8-13(9-11-15)16-12-17(22)21(14-6-4-3-5-7-14)19(23)18(16)20(24)26-2/h3-12,23H,1-2H3. The van der Waals surface area contributed by atoms with Gasteiger partial charge >= 0.3 is 5.97 Å². The molecule has 26 heavy (non-hydrogen) atoms. The molecule has 132 valence electrons. The van der Waals surface area contributed by atoms with E-state index < -0.39 is 17.4 Å². The van der Waals surface area contributed by atoms with Gasteiger partial charge in [-0.3, -0.25) is 4.79 Å². The van der Waals surface area contributed by atoms with Crippen molar-refractivity contribution in [2.75, 3.05) is 14.2 Å². The first-order valence-corrected chi connectivity index (χ1v) is 7.84. The average Bonchev–Trinajstić information content (AvgIpc) is 2.68. The van der Waals surface area contributed by atoms with Crippen LogP contribution >= 0.6 is 0 Å². The zero-order chi connectivity index (χ0) is 18.7. The van der Waals surface area contributed by atoms with Crippen molar-refractivity contribution in [1.82, 2.24) is 4.57 Å². The van der Waals surface area contributed by atoms with Gasteiger partial charge in [-0.05, 0) is 29.8 Å². The highest BCUT2D eigenvalue weighted by molar-refractivity contribution is 5.99. The van der Waals surface area contributed by atoms with Gasteiger partial charge in [0.05, 0.1) is 19.9 Å². The van der Waals surface area contributed by atoms with Crippen LogP contribution in [0, 0.1) is 0 Å². The lowest BCUT2D eigenvalue weighted by Crippen LogP contribution is -2.21. The number of hydrogen-bond donors (Lipinski definition) is 1. The zero-order valence-electron chi connectivity index (χ0n) is 14.3. The largest absolute Gasteiger partial charge is 0.497 e. The Kier molecular flexibility index (Phi) is 4.75. The number of ether oxygens (including phenoxy) is 2. The number of benzene rings is 2. The fourth-order valence-corrected chi connectivity index (χ4v) is 2.72. The third-order valence-corrected chi connectivity index (χ3v) is 4.00. The number of rotatable bonds is 4. The first kappa shape index (κ1) is 17.3. The topological polar surface area (TPSA) is 77.8 Å². The van der Waals surface area contributed by atoms with Gasteiger partial charge in [-0.1, -0.05) is 30.3 Å². The second-order valence-electron chi connectivity index (χ2n) is 5.49. The average molecular weight is 351 g/mol. The summed E-state index contributed by atoms with van der Waals surface area (Å²) in [5.41, 5.74) is 0.766. The van der Waals surface area contributed by atoms with Crippen LogP contribution in [0.4, 0.5) is 0 Å². The maximum absolute atomic E-state index is 12.6. The first-order valence-electron chi connectivity index (χ1n) is 7.84. The molecule has 3 rings (SSSR count). The van der Waals surface area contributed by atoms with Crippen molar-refractivity contribution in [3.05, 3.63) is 76.6 Å². The number of carbonyl (C=O) groups excluding carboxylic acids is 1. The van der Waals surface area contributed by atoms with Gasteiger partial charge in [-0.2, -0.15) is 0 Å². The van der Waals surface area contributed by atoms with E-state index in [0.29, 0.717) is 17.0 Å². The molecule has 0 aliphatic rings. The molecule has 2 aromatic carbocycles. The Hall–Kier alpha value is -3.54. The number of nitrogens with zero attached hydrogens (tertiary/aromatic N) is 1. The predicted molar refractivity (Wildman–Crippen MR) is 97.0 cm³/mol. The molecule has 1 aromatic heterocycles. The summed E-state index contributed by atoms with van der Waals surface area (Å²) >= 11 is 0. The molecular formula is C20H17NO5. The predicted octanol–water partition coefficient (Wildman–Crippen LogP) is 3.01. The van der Waals surface area contributed by atoms with Gasteiger partial charge in [0.25, 0.3) is 5.56 Å². The summed E-state index contributed by atoms with van der Waals surface area (Å²) in [5.74, 6) is -0.574. The molecule has 6 nitrogen and oxygen atoms in total. The zero-order valence-corrected chi connectivity index (χ0v) is 14.3. The van der Waals surface area contributed by atoms with E-state index in [4.69, 9.17) is 9.47 Å². The minimum Gasteiger partial charge on any atom is -0.497 e. The van der Waals surface area contributed by atoms with Crippen LogP contribution in [-0.2, 0) is 4.74 Å². The first-order chi connectivity index (χ1) is 12.6. The van der Waals surface area contributed by atoms with E-state index in [1.165, 1.54) is 13.2 Å². The minimum absolute atomic E-state index is 0.0823. The number of methoxy groups -OCH3 is 2. The molecule has 0 fully saturated rings. The van der Waals surface area contributed by atoms with E-state index in [1.807, 2.05) is 0 Å². The van der Waals surface area contributed by atoms with Crippen LogP contribution in [-0.4, -0.2) is 29.9 Å². The second-order valence-corrected chi connectivity index (χ2v) is 5.49. The van der Waals surface area contributed by atoms with Crippen LogP contribution in [0.1, 0.15) is 10.4 Å². The third-order valence-electron chi connectivity index (χ3n) is 4.00. The van der Waals surface area contributed by atoms with E-state index in [1.54, 1.807) is 61.7 Å². The lowest BCUT2D eigenvalue weighted by Gasteiger charge is -2.15.